The second-order valence-electron chi connectivity index (χ2n) is 9.44. The van der Waals surface area contributed by atoms with E-state index in [2.05, 4.69) is 69.8 Å². The highest BCUT2D eigenvalue weighted by Crippen LogP contribution is 2.36. The second kappa shape index (κ2) is 11.9. The van der Waals surface area contributed by atoms with E-state index in [1.807, 2.05) is 30.3 Å². The lowest BCUT2D eigenvalue weighted by molar-refractivity contribution is -0.115. The Bertz CT molecular complexity index is 1320. The maximum atomic E-state index is 12.2. The van der Waals surface area contributed by atoms with Crippen molar-refractivity contribution in [3.05, 3.63) is 95.1 Å². The molecule has 0 aliphatic carbocycles. The molecule has 1 unspecified atom stereocenters. The van der Waals surface area contributed by atoms with Crippen LogP contribution in [0.1, 0.15) is 41.0 Å². The molecule has 1 amide bonds. The highest BCUT2D eigenvalue weighted by atomic mass is 19.1. The summed E-state index contributed by atoms with van der Waals surface area (Å²) < 4.78 is 12.2. The molecule has 37 heavy (non-hydrogen) atoms. The number of carbonyl (C=O) groups excluding carboxylic acids is 1. The number of benzene rings is 3. The molecular formula is C31H31FN4O. The fraction of sp³-hybridized carbons (Fsp3) is 0.290. The quantitative estimate of drug-likeness (QED) is 0.357. The van der Waals surface area contributed by atoms with Gasteiger partial charge in [0.15, 0.2) is 0 Å². The lowest BCUT2D eigenvalue weighted by atomic mass is 9.90. The van der Waals surface area contributed by atoms with Gasteiger partial charge in [0.25, 0.3) is 5.91 Å². The van der Waals surface area contributed by atoms with Crippen molar-refractivity contribution in [3.8, 4) is 11.8 Å². The number of aliphatic imine (C=N–C) groups is 1. The van der Waals surface area contributed by atoms with Crippen molar-refractivity contribution in [1.82, 2.24) is 10.2 Å². The van der Waals surface area contributed by atoms with Gasteiger partial charge in [0, 0.05) is 42.7 Å². The number of halogens is 1. The largest absolute Gasteiger partial charge is 0.384 e. The summed E-state index contributed by atoms with van der Waals surface area (Å²) in [5, 5.41) is 5.91. The highest BCUT2D eigenvalue weighted by Gasteiger charge is 2.28. The molecule has 2 aliphatic rings. The third-order valence-corrected chi connectivity index (χ3v) is 6.82. The maximum Gasteiger partial charge on any atom is 0.296 e. The molecule has 5 nitrogen and oxygen atoms in total. The Balaban J connectivity index is 1.39. The van der Waals surface area contributed by atoms with Gasteiger partial charge in [-0.25, -0.2) is 4.39 Å². The Hall–Kier alpha value is -3.95. The van der Waals surface area contributed by atoms with Crippen LogP contribution in [0.4, 0.5) is 15.8 Å². The van der Waals surface area contributed by atoms with E-state index in [1.54, 1.807) is 0 Å². The van der Waals surface area contributed by atoms with Crippen LogP contribution in [0.3, 0.4) is 0 Å². The van der Waals surface area contributed by atoms with E-state index < -0.39 is 12.6 Å². The minimum Gasteiger partial charge on any atom is -0.384 e. The standard InChI is InChI=1S/C31H31FN4O/c32-16-17-33-30(37)15-11-23-10-14-27-28(21-34-29(27)20-23)31(25-6-2-1-3-7-25)35-26-12-8-24(9-13-26)22-36-18-4-5-19-36/h1-3,6-10,12-14,20,28,34H,4-5,16-19,21-22H2,(H,33,37). The Morgan fingerprint density at radius 3 is 2.59 bits per heavy atom. The van der Waals surface area contributed by atoms with Gasteiger partial charge in [-0.05, 0) is 66.9 Å². The first-order chi connectivity index (χ1) is 18.2. The van der Waals surface area contributed by atoms with Crippen molar-refractivity contribution in [3.63, 3.8) is 0 Å². The number of amides is 1. The number of hydrogen-bond acceptors (Lipinski definition) is 4. The zero-order valence-electron chi connectivity index (χ0n) is 20.8. The molecule has 1 saturated heterocycles. The van der Waals surface area contributed by atoms with Crippen LogP contribution in [0.2, 0.25) is 0 Å². The summed E-state index contributed by atoms with van der Waals surface area (Å²) in [5.74, 6) is 5.00. The number of likely N-dealkylation sites (tertiary alicyclic amines) is 1. The summed E-state index contributed by atoms with van der Waals surface area (Å²) in [4.78, 5) is 19.4. The number of nitrogens with zero attached hydrogens (tertiary/aromatic N) is 2. The zero-order chi connectivity index (χ0) is 25.5. The van der Waals surface area contributed by atoms with Crippen LogP contribution in [0.5, 0.6) is 0 Å². The minimum atomic E-state index is -0.606. The topological polar surface area (TPSA) is 56.7 Å². The predicted molar refractivity (Wildman–Crippen MR) is 147 cm³/mol. The van der Waals surface area contributed by atoms with Crippen molar-refractivity contribution in [2.75, 3.05) is 38.2 Å². The molecule has 3 aromatic carbocycles. The van der Waals surface area contributed by atoms with Gasteiger partial charge < -0.3 is 10.6 Å². The molecule has 5 rings (SSSR count). The third kappa shape index (κ3) is 6.25. The van der Waals surface area contributed by atoms with Crippen molar-refractivity contribution >= 4 is 23.0 Å². The Labute approximate surface area is 217 Å². The van der Waals surface area contributed by atoms with Crippen molar-refractivity contribution < 1.29 is 9.18 Å². The molecule has 0 aromatic heterocycles. The molecule has 2 N–H and O–H groups in total. The molecular weight excluding hydrogens is 463 g/mol. The molecule has 3 aromatic rings. The van der Waals surface area contributed by atoms with Crippen LogP contribution >= 0.6 is 0 Å². The second-order valence-corrected chi connectivity index (χ2v) is 9.44. The summed E-state index contributed by atoms with van der Waals surface area (Å²) >= 11 is 0. The zero-order valence-corrected chi connectivity index (χ0v) is 20.8. The minimum absolute atomic E-state index is 0.0241. The van der Waals surface area contributed by atoms with Crippen LogP contribution in [0, 0.1) is 11.8 Å². The average Bonchev–Trinajstić information content (AvgIpc) is 3.60. The summed E-state index contributed by atoms with van der Waals surface area (Å²) in [6.07, 6.45) is 2.59. The van der Waals surface area contributed by atoms with Gasteiger partial charge in [-0.15, -0.1) is 0 Å². The van der Waals surface area contributed by atoms with Gasteiger partial charge in [0.2, 0.25) is 0 Å². The van der Waals surface area contributed by atoms with Crippen LogP contribution < -0.4 is 10.6 Å². The van der Waals surface area contributed by atoms with Gasteiger partial charge in [-0.1, -0.05) is 54.5 Å². The molecule has 0 radical (unpaired) electrons. The van der Waals surface area contributed by atoms with E-state index in [-0.39, 0.29) is 12.5 Å². The molecule has 0 saturated carbocycles. The van der Waals surface area contributed by atoms with Gasteiger partial charge >= 0.3 is 0 Å². The van der Waals surface area contributed by atoms with Gasteiger partial charge in [0.1, 0.15) is 6.67 Å². The van der Waals surface area contributed by atoms with E-state index in [4.69, 9.17) is 4.99 Å². The summed E-state index contributed by atoms with van der Waals surface area (Å²) in [7, 11) is 0. The number of rotatable bonds is 7. The Morgan fingerprint density at radius 2 is 1.84 bits per heavy atom. The molecule has 2 aliphatic heterocycles. The fourth-order valence-corrected chi connectivity index (χ4v) is 4.96. The first kappa shape index (κ1) is 24.7. The first-order valence-corrected chi connectivity index (χ1v) is 12.9. The normalized spacial score (nSPS) is 17.0. The van der Waals surface area contributed by atoms with Crippen LogP contribution in [0.25, 0.3) is 0 Å². The van der Waals surface area contributed by atoms with E-state index >= 15 is 0 Å². The number of fused-ring (bicyclic) bond motifs is 1. The van der Waals surface area contributed by atoms with Crippen LogP contribution in [-0.2, 0) is 11.3 Å². The SMILES string of the molecule is O=C(C#Cc1ccc2c(c1)NCC2C(=Nc1ccc(CN2CCCC2)cc1)c1ccccc1)NCCF. The Morgan fingerprint density at radius 1 is 1.05 bits per heavy atom. The molecule has 1 fully saturated rings. The average molecular weight is 495 g/mol. The number of carbonyl (C=O) groups is 1. The molecule has 2 heterocycles. The maximum absolute atomic E-state index is 12.2. The van der Waals surface area contributed by atoms with Crippen molar-refractivity contribution in [1.29, 1.82) is 0 Å². The van der Waals surface area contributed by atoms with E-state index in [9.17, 15) is 9.18 Å². The third-order valence-electron chi connectivity index (χ3n) is 6.82. The number of hydrogen-bond donors (Lipinski definition) is 2. The molecule has 6 heteroatoms. The number of alkyl halides is 1. The Kier molecular flexibility index (Phi) is 7.93. The lowest BCUT2D eigenvalue weighted by Gasteiger charge is -2.16. The number of nitrogens with one attached hydrogen (secondary N) is 2. The van der Waals surface area contributed by atoms with E-state index in [0.717, 1.165) is 46.9 Å². The van der Waals surface area contributed by atoms with Crippen molar-refractivity contribution in [2.24, 2.45) is 4.99 Å². The van der Waals surface area contributed by atoms with E-state index in [1.165, 1.54) is 31.5 Å². The van der Waals surface area contributed by atoms with Gasteiger partial charge in [-0.3, -0.25) is 14.7 Å². The van der Waals surface area contributed by atoms with Crippen LogP contribution in [-0.4, -0.2) is 49.4 Å². The van der Waals surface area contributed by atoms with Crippen LogP contribution in [0.15, 0.2) is 77.8 Å². The first-order valence-electron chi connectivity index (χ1n) is 12.9. The smallest absolute Gasteiger partial charge is 0.296 e. The number of anilines is 1. The van der Waals surface area contributed by atoms with Gasteiger partial charge in [-0.2, -0.15) is 0 Å². The fourth-order valence-electron chi connectivity index (χ4n) is 4.96. The summed E-state index contributed by atoms with van der Waals surface area (Å²) in [6.45, 7) is 3.47. The summed E-state index contributed by atoms with van der Waals surface area (Å²) in [6, 6.07) is 24.9. The molecule has 0 bridgehead atoms. The molecule has 188 valence electrons. The van der Waals surface area contributed by atoms with Crippen molar-refractivity contribution in [2.45, 2.75) is 25.3 Å². The molecule has 1 atom stereocenters. The highest BCUT2D eigenvalue weighted by molar-refractivity contribution is 6.08. The lowest BCUT2D eigenvalue weighted by Crippen LogP contribution is -2.23. The van der Waals surface area contributed by atoms with E-state index in [0.29, 0.717) is 0 Å². The summed E-state index contributed by atoms with van der Waals surface area (Å²) in [5.41, 5.74) is 7.25. The van der Waals surface area contributed by atoms with Gasteiger partial charge in [0.05, 0.1) is 11.4 Å². The predicted octanol–water partition coefficient (Wildman–Crippen LogP) is 5.05. The monoisotopic (exact) mass is 494 g/mol. The molecule has 0 spiro atoms.